The van der Waals surface area contributed by atoms with Gasteiger partial charge in [-0.15, -0.1) is 0 Å². The van der Waals surface area contributed by atoms with E-state index < -0.39 is 30.4 Å². The third-order valence-corrected chi connectivity index (χ3v) is 6.98. The topological polar surface area (TPSA) is 116 Å². The molecule has 9 nitrogen and oxygen atoms in total. The van der Waals surface area contributed by atoms with Gasteiger partial charge >= 0.3 is 5.97 Å². The summed E-state index contributed by atoms with van der Waals surface area (Å²) in [5.74, 6) is -0.278. The van der Waals surface area contributed by atoms with Crippen LogP contribution >= 0.6 is 0 Å². The van der Waals surface area contributed by atoms with Crippen molar-refractivity contribution in [2.45, 2.75) is 50.7 Å². The monoisotopic (exact) mass is 567 g/mol. The molecule has 1 aliphatic heterocycles. The van der Waals surface area contributed by atoms with Crippen LogP contribution in [-0.2, 0) is 49.9 Å². The lowest BCUT2D eigenvalue weighted by Crippen LogP contribution is -2.38. The van der Waals surface area contributed by atoms with E-state index in [4.69, 9.17) is 23.7 Å². The molecule has 4 atom stereocenters. The van der Waals surface area contributed by atoms with Gasteiger partial charge in [0.15, 0.2) is 5.69 Å². The van der Waals surface area contributed by atoms with Crippen molar-refractivity contribution >= 4 is 5.97 Å². The second-order valence-corrected chi connectivity index (χ2v) is 9.89. The number of nitrogens with zero attached hydrogens (tertiary/aromatic N) is 2. The molecular formula is C33H33N3O6. The van der Waals surface area contributed by atoms with Crippen LogP contribution < -0.4 is 0 Å². The van der Waals surface area contributed by atoms with Crippen LogP contribution in [0.2, 0.25) is 0 Å². The summed E-state index contributed by atoms with van der Waals surface area (Å²) in [6.07, 6.45) is -2.41. The van der Waals surface area contributed by atoms with Gasteiger partial charge in [0.1, 0.15) is 30.2 Å². The van der Waals surface area contributed by atoms with Crippen LogP contribution in [0.25, 0.3) is 0 Å². The molecule has 0 amide bonds. The maximum Gasteiger partial charge on any atom is 0.358 e. The fourth-order valence-corrected chi connectivity index (χ4v) is 4.90. The number of carbonyl (C=O) groups excluding carboxylic acids is 1. The number of nitriles is 1. The first-order valence-corrected chi connectivity index (χ1v) is 13.8. The molecule has 9 heteroatoms. The first kappa shape index (κ1) is 29.2. The standard InChI is InChI=1S/C33H33N3O6/c1-38-33(37)28-26(17-18-34)35-32(36-28)31-30(41-21-25-15-9-4-10-16-25)29(40-20-24-13-7-3-8-14-24)27(42-31)22-39-19-23-11-5-2-6-12-23/h2-16,27,29-31H,17,19-22H2,1H3,(H,35,36)/t27-,29-,30+,31-/m1/s1. The van der Waals surface area contributed by atoms with Gasteiger partial charge in [-0.1, -0.05) is 91.0 Å². The molecule has 1 aromatic heterocycles. The highest BCUT2D eigenvalue weighted by Gasteiger charge is 2.49. The lowest BCUT2D eigenvalue weighted by molar-refractivity contribution is -0.0899. The van der Waals surface area contributed by atoms with Crippen LogP contribution in [0.15, 0.2) is 91.0 Å². The second kappa shape index (κ2) is 14.5. The van der Waals surface area contributed by atoms with E-state index in [0.717, 1.165) is 16.7 Å². The summed E-state index contributed by atoms with van der Waals surface area (Å²) in [4.78, 5) is 20.1. The van der Waals surface area contributed by atoms with Gasteiger partial charge in [-0.25, -0.2) is 9.78 Å². The summed E-state index contributed by atoms with van der Waals surface area (Å²) >= 11 is 0. The lowest BCUT2D eigenvalue weighted by Gasteiger charge is -2.25. The van der Waals surface area contributed by atoms with E-state index in [1.54, 1.807) is 0 Å². The molecule has 3 aromatic carbocycles. The summed E-state index contributed by atoms with van der Waals surface area (Å²) in [6.45, 7) is 1.30. The molecule has 1 saturated heterocycles. The van der Waals surface area contributed by atoms with Crippen molar-refractivity contribution in [1.82, 2.24) is 9.97 Å². The molecule has 0 unspecified atom stereocenters. The van der Waals surface area contributed by atoms with Crippen molar-refractivity contribution in [2.24, 2.45) is 0 Å². The molecule has 0 saturated carbocycles. The van der Waals surface area contributed by atoms with Crippen molar-refractivity contribution < 1.29 is 28.5 Å². The number of hydrogen-bond acceptors (Lipinski definition) is 8. The molecular weight excluding hydrogens is 534 g/mol. The smallest absolute Gasteiger partial charge is 0.358 e. The summed E-state index contributed by atoms with van der Waals surface area (Å²) < 4.78 is 30.5. The van der Waals surface area contributed by atoms with E-state index in [1.165, 1.54) is 7.11 Å². The predicted octanol–water partition coefficient (Wildman–Crippen LogP) is 5.09. The number of H-pyrrole nitrogens is 1. The molecule has 216 valence electrons. The minimum Gasteiger partial charge on any atom is -0.464 e. The number of carbonyl (C=O) groups is 1. The van der Waals surface area contributed by atoms with Gasteiger partial charge in [0.05, 0.1) is 51.7 Å². The molecule has 0 bridgehead atoms. The van der Waals surface area contributed by atoms with Crippen LogP contribution in [0.5, 0.6) is 0 Å². The average molecular weight is 568 g/mol. The van der Waals surface area contributed by atoms with E-state index in [9.17, 15) is 10.1 Å². The number of aromatic nitrogens is 2. The van der Waals surface area contributed by atoms with Crippen molar-refractivity contribution in [1.29, 1.82) is 5.26 Å². The van der Waals surface area contributed by atoms with Gasteiger partial charge in [0.2, 0.25) is 0 Å². The van der Waals surface area contributed by atoms with Crippen molar-refractivity contribution in [3.63, 3.8) is 0 Å². The Morgan fingerprint density at radius 2 is 1.40 bits per heavy atom. The minimum absolute atomic E-state index is 0.0444. The van der Waals surface area contributed by atoms with E-state index in [0.29, 0.717) is 31.3 Å². The first-order valence-electron chi connectivity index (χ1n) is 13.8. The fraction of sp³-hybridized carbons (Fsp3) is 0.303. The Kier molecular flexibility index (Phi) is 10.1. The Morgan fingerprint density at radius 3 is 1.95 bits per heavy atom. The molecule has 2 heterocycles. The molecule has 4 aromatic rings. The zero-order valence-corrected chi connectivity index (χ0v) is 23.3. The Bertz CT molecular complexity index is 1460. The molecule has 1 fully saturated rings. The number of nitrogens with one attached hydrogen (secondary N) is 1. The SMILES string of the molecule is COC(=O)c1nc([C@@H]2O[C@H](COCc3ccccc3)[C@@H](OCc3ccccc3)[C@@H]2OCc2ccccc2)[nH]c1CC#N. The number of ether oxygens (including phenoxy) is 5. The predicted molar refractivity (Wildman–Crippen MR) is 153 cm³/mol. The summed E-state index contributed by atoms with van der Waals surface area (Å²) in [6, 6.07) is 31.7. The summed E-state index contributed by atoms with van der Waals surface area (Å²) in [7, 11) is 1.28. The van der Waals surface area contributed by atoms with Gasteiger partial charge in [-0.3, -0.25) is 0 Å². The van der Waals surface area contributed by atoms with Crippen molar-refractivity contribution in [2.75, 3.05) is 13.7 Å². The zero-order valence-electron chi connectivity index (χ0n) is 23.3. The number of aromatic amines is 1. The summed E-state index contributed by atoms with van der Waals surface area (Å²) in [5, 5.41) is 9.35. The van der Waals surface area contributed by atoms with E-state index in [2.05, 4.69) is 16.0 Å². The Balaban J connectivity index is 1.44. The first-order chi connectivity index (χ1) is 20.7. The number of imidazole rings is 1. The van der Waals surface area contributed by atoms with Crippen LogP contribution in [0.4, 0.5) is 0 Å². The summed E-state index contributed by atoms with van der Waals surface area (Å²) in [5.41, 5.74) is 3.44. The number of rotatable bonds is 13. The molecule has 1 aliphatic rings. The normalized spacial score (nSPS) is 19.8. The maximum absolute atomic E-state index is 12.5. The number of hydrogen-bond donors (Lipinski definition) is 1. The Morgan fingerprint density at radius 1 is 0.857 bits per heavy atom. The zero-order chi connectivity index (χ0) is 29.1. The average Bonchev–Trinajstić information content (AvgIpc) is 3.61. The van der Waals surface area contributed by atoms with Crippen molar-refractivity contribution in [3.05, 3.63) is 125 Å². The molecule has 0 radical (unpaired) electrons. The Hall–Kier alpha value is -4.33. The van der Waals surface area contributed by atoms with E-state index in [-0.39, 0.29) is 18.7 Å². The van der Waals surface area contributed by atoms with Gasteiger partial charge in [-0.05, 0) is 16.7 Å². The minimum atomic E-state index is -0.726. The van der Waals surface area contributed by atoms with Crippen molar-refractivity contribution in [3.8, 4) is 6.07 Å². The van der Waals surface area contributed by atoms with Gasteiger partial charge in [-0.2, -0.15) is 5.26 Å². The van der Waals surface area contributed by atoms with Gasteiger partial charge in [0.25, 0.3) is 0 Å². The molecule has 5 rings (SSSR count). The number of methoxy groups -OCH3 is 1. The third kappa shape index (κ3) is 7.29. The quantitative estimate of drug-likeness (QED) is 0.222. The molecule has 0 aliphatic carbocycles. The second-order valence-electron chi connectivity index (χ2n) is 9.89. The number of benzene rings is 3. The van der Waals surface area contributed by atoms with Gasteiger partial charge in [0, 0.05) is 0 Å². The largest absolute Gasteiger partial charge is 0.464 e. The van der Waals surface area contributed by atoms with Crippen LogP contribution in [0, 0.1) is 11.3 Å². The third-order valence-electron chi connectivity index (χ3n) is 6.98. The van der Waals surface area contributed by atoms with Crippen LogP contribution in [0.1, 0.15) is 44.8 Å². The highest BCUT2D eigenvalue weighted by molar-refractivity contribution is 5.88. The molecule has 42 heavy (non-hydrogen) atoms. The van der Waals surface area contributed by atoms with Crippen LogP contribution in [-0.4, -0.2) is 48.0 Å². The fourth-order valence-electron chi connectivity index (χ4n) is 4.90. The number of esters is 1. The Labute approximate surface area is 245 Å². The van der Waals surface area contributed by atoms with E-state index >= 15 is 0 Å². The van der Waals surface area contributed by atoms with Crippen LogP contribution in [0.3, 0.4) is 0 Å². The highest BCUT2D eigenvalue weighted by Crippen LogP contribution is 2.38. The molecule has 1 N–H and O–H groups in total. The highest BCUT2D eigenvalue weighted by atomic mass is 16.6. The maximum atomic E-state index is 12.5. The van der Waals surface area contributed by atoms with E-state index in [1.807, 2.05) is 91.0 Å². The molecule has 0 spiro atoms. The van der Waals surface area contributed by atoms with Gasteiger partial charge < -0.3 is 28.7 Å². The lowest BCUT2D eigenvalue weighted by atomic mass is 10.1.